The minimum atomic E-state index is -0.137. The van der Waals surface area contributed by atoms with Gasteiger partial charge in [-0.25, -0.2) is 4.39 Å². The molecule has 1 saturated heterocycles. The lowest BCUT2D eigenvalue weighted by atomic mass is 9.96. The smallest absolute Gasteiger partial charge is 0.140 e. The fourth-order valence-electron chi connectivity index (χ4n) is 2.47. The second-order valence-corrected chi connectivity index (χ2v) is 5.69. The summed E-state index contributed by atoms with van der Waals surface area (Å²) in [5.41, 5.74) is 1.78. The monoisotopic (exact) mass is 315 g/mol. The molecule has 0 spiro atoms. The van der Waals surface area contributed by atoms with Crippen LogP contribution in [-0.2, 0) is 17.8 Å². The first kappa shape index (κ1) is 14.0. The topological polar surface area (TPSA) is 21.3 Å². The van der Waals surface area contributed by atoms with Gasteiger partial charge < -0.3 is 10.1 Å². The number of piperidine rings is 1. The molecule has 1 aromatic rings. The van der Waals surface area contributed by atoms with Crippen LogP contribution in [0.4, 0.5) is 4.39 Å². The van der Waals surface area contributed by atoms with E-state index >= 15 is 0 Å². The van der Waals surface area contributed by atoms with E-state index in [2.05, 4.69) is 21.2 Å². The average molecular weight is 316 g/mol. The molecule has 4 heteroatoms. The molecular weight excluding hydrogens is 297 g/mol. The number of halogens is 2. The van der Waals surface area contributed by atoms with Gasteiger partial charge in [0.15, 0.2) is 0 Å². The summed E-state index contributed by atoms with van der Waals surface area (Å²) in [6.45, 7) is 1.56. The molecule has 1 atom stereocenters. The summed E-state index contributed by atoms with van der Waals surface area (Å²) in [6, 6.07) is 4.11. The molecule has 1 aromatic carbocycles. The molecule has 1 aliphatic rings. The van der Waals surface area contributed by atoms with Crippen LogP contribution >= 0.6 is 15.9 Å². The summed E-state index contributed by atoms with van der Waals surface area (Å²) in [7, 11) is 1.65. The molecule has 1 fully saturated rings. The van der Waals surface area contributed by atoms with E-state index < -0.39 is 0 Å². The van der Waals surface area contributed by atoms with Crippen molar-refractivity contribution >= 4 is 15.9 Å². The van der Waals surface area contributed by atoms with Crippen LogP contribution in [0.3, 0.4) is 0 Å². The van der Waals surface area contributed by atoms with Crippen LogP contribution in [0.25, 0.3) is 0 Å². The summed E-state index contributed by atoms with van der Waals surface area (Å²) in [5, 5.41) is 3.45. The van der Waals surface area contributed by atoms with Crippen molar-refractivity contribution in [3.8, 4) is 0 Å². The Morgan fingerprint density at radius 2 is 2.28 bits per heavy atom. The van der Waals surface area contributed by atoms with Gasteiger partial charge in [0.1, 0.15) is 5.82 Å². The zero-order chi connectivity index (χ0) is 13.0. The largest absolute Gasteiger partial charge is 0.380 e. The second-order valence-electron chi connectivity index (χ2n) is 4.83. The lowest BCUT2D eigenvalue weighted by molar-refractivity contribution is 0.184. The third-order valence-corrected chi connectivity index (χ3v) is 3.93. The highest BCUT2D eigenvalue weighted by Gasteiger charge is 2.17. The highest BCUT2D eigenvalue weighted by molar-refractivity contribution is 9.10. The molecule has 0 bridgehead atoms. The number of methoxy groups -OCH3 is 1. The summed E-state index contributed by atoms with van der Waals surface area (Å²) in [6.07, 6.45) is 4.35. The van der Waals surface area contributed by atoms with E-state index in [4.69, 9.17) is 4.74 Å². The maximum absolute atomic E-state index is 14.1. The fourth-order valence-corrected chi connectivity index (χ4v) is 3.02. The van der Waals surface area contributed by atoms with Gasteiger partial charge in [-0.1, -0.05) is 12.5 Å². The molecule has 2 rings (SSSR count). The van der Waals surface area contributed by atoms with Crippen molar-refractivity contribution in [1.82, 2.24) is 5.32 Å². The van der Waals surface area contributed by atoms with Gasteiger partial charge in [0.25, 0.3) is 0 Å². The molecule has 0 radical (unpaired) electrons. The van der Waals surface area contributed by atoms with E-state index in [1.54, 1.807) is 13.2 Å². The Morgan fingerprint density at radius 1 is 1.44 bits per heavy atom. The third kappa shape index (κ3) is 3.53. The van der Waals surface area contributed by atoms with Crippen LogP contribution in [0, 0.1) is 5.82 Å². The van der Waals surface area contributed by atoms with Gasteiger partial charge in [-0.05, 0) is 58.9 Å². The van der Waals surface area contributed by atoms with Crippen molar-refractivity contribution in [2.45, 2.75) is 38.3 Å². The first-order valence-corrected chi connectivity index (χ1v) is 7.19. The molecule has 1 N–H and O–H groups in total. The summed E-state index contributed by atoms with van der Waals surface area (Å²) in [5.74, 6) is -0.137. The summed E-state index contributed by atoms with van der Waals surface area (Å²) in [4.78, 5) is 0. The molecule has 2 nitrogen and oxygen atoms in total. The van der Waals surface area contributed by atoms with Crippen LogP contribution < -0.4 is 5.32 Å². The molecular formula is C14H19BrFNO. The molecule has 0 aromatic heterocycles. The van der Waals surface area contributed by atoms with Crippen molar-refractivity contribution in [2.75, 3.05) is 13.7 Å². The van der Waals surface area contributed by atoms with Gasteiger partial charge in [0.05, 0.1) is 11.1 Å². The quantitative estimate of drug-likeness (QED) is 0.919. The maximum Gasteiger partial charge on any atom is 0.140 e. The highest BCUT2D eigenvalue weighted by atomic mass is 79.9. The Morgan fingerprint density at radius 3 is 2.94 bits per heavy atom. The predicted molar refractivity (Wildman–Crippen MR) is 74.2 cm³/mol. The van der Waals surface area contributed by atoms with E-state index in [0.29, 0.717) is 17.1 Å². The van der Waals surface area contributed by atoms with Crippen molar-refractivity contribution < 1.29 is 9.13 Å². The van der Waals surface area contributed by atoms with Crippen LogP contribution in [0.5, 0.6) is 0 Å². The Labute approximate surface area is 116 Å². The van der Waals surface area contributed by atoms with Gasteiger partial charge in [0.2, 0.25) is 0 Å². The van der Waals surface area contributed by atoms with Crippen molar-refractivity contribution in [3.63, 3.8) is 0 Å². The lowest BCUT2D eigenvalue weighted by Crippen LogP contribution is -2.35. The van der Waals surface area contributed by atoms with Gasteiger partial charge in [-0.2, -0.15) is 0 Å². The van der Waals surface area contributed by atoms with E-state index in [-0.39, 0.29) is 5.82 Å². The number of ether oxygens (including phenoxy) is 1. The maximum atomic E-state index is 14.1. The van der Waals surface area contributed by atoms with E-state index in [0.717, 1.165) is 30.5 Å². The Bertz CT molecular complexity index is 405. The Hall–Kier alpha value is -0.450. The van der Waals surface area contributed by atoms with Gasteiger partial charge in [-0.15, -0.1) is 0 Å². The van der Waals surface area contributed by atoms with Gasteiger partial charge in [-0.3, -0.25) is 0 Å². The number of benzene rings is 1. The standard InChI is InChI=1S/C14H19BrFNO/c1-18-9-10-6-11(14(16)13(15)7-10)8-12-4-2-3-5-17-12/h6-7,12,17H,2-5,8-9H2,1H3. The number of nitrogens with one attached hydrogen (secondary N) is 1. The van der Waals surface area contributed by atoms with Crippen LogP contribution in [-0.4, -0.2) is 19.7 Å². The first-order valence-electron chi connectivity index (χ1n) is 6.40. The van der Waals surface area contributed by atoms with Gasteiger partial charge in [0, 0.05) is 13.2 Å². The van der Waals surface area contributed by atoms with Crippen molar-refractivity contribution in [1.29, 1.82) is 0 Å². The van der Waals surface area contributed by atoms with E-state index in [1.807, 2.05) is 6.07 Å². The molecule has 0 saturated carbocycles. The molecule has 1 heterocycles. The Kier molecular flexibility index (Phi) is 5.15. The molecule has 0 aliphatic carbocycles. The third-order valence-electron chi connectivity index (χ3n) is 3.35. The number of rotatable bonds is 4. The number of hydrogen-bond donors (Lipinski definition) is 1. The van der Waals surface area contributed by atoms with Crippen LogP contribution in [0.1, 0.15) is 30.4 Å². The fraction of sp³-hybridized carbons (Fsp3) is 0.571. The van der Waals surface area contributed by atoms with Gasteiger partial charge >= 0.3 is 0 Å². The predicted octanol–water partition coefficient (Wildman–Crippen LogP) is 3.42. The molecule has 18 heavy (non-hydrogen) atoms. The lowest BCUT2D eigenvalue weighted by Gasteiger charge is -2.24. The van der Waals surface area contributed by atoms with Crippen molar-refractivity contribution in [2.24, 2.45) is 0 Å². The molecule has 0 amide bonds. The second kappa shape index (κ2) is 6.64. The summed E-state index contributed by atoms with van der Waals surface area (Å²) >= 11 is 3.28. The molecule has 100 valence electrons. The first-order chi connectivity index (χ1) is 8.70. The summed E-state index contributed by atoms with van der Waals surface area (Å²) < 4.78 is 19.7. The Balaban J connectivity index is 2.14. The van der Waals surface area contributed by atoms with Crippen LogP contribution in [0.15, 0.2) is 16.6 Å². The zero-order valence-corrected chi connectivity index (χ0v) is 12.2. The van der Waals surface area contributed by atoms with Crippen LogP contribution in [0.2, 0.25) is 0 Å². The SMILES string of the molecule is COCc1cc(Br)c(F)c(CC2CCCCN2)c1. The normalized spacial score (nSPS) is 20.1. The number of hydrogen-bond acceptors (Lipinski definition) is 2. The zero-order valence-electron chi connectivity index (χ0n) is 10.6. The minimum absolute atomic E-state index is 0.137. The van der Waals surface area contributed by atoms with E-state index in [1.165, 1.54) is 12.8 Å². The molecule has 1 unspecified atom stereocenters. The molecule has 1 aliphatic heterocycles. The minimum Gasteiger partial charge on any atom is -0.380 e. The van der Waals surface area contributed by atoms with E-state index in [9.17, 15) is 4.39 Å². The average Bonchev–Trinajstić information content (AvgIpc) is 2.37. The van der Waals surface area contributed by atoms with Crippen molar-refractivity contribution in [3.05, 3.63) is 33.5 Å². The highest BCUT2D eigenvalue weighted by Crippen LogP contribution is 2.24.